The van der Waals surface area contributed by atoms with Gasteiger partial charge in [0.2, 0.25) is 0 Å². The molecular weight excluding hydrogens is 190 g/mol. The van der Waals surface area contributed by atoms with Gasteiger partial charge in [-0.15, -0.1) is 0 Å². The van der Waals surface area contributed by atoms with Crippen molar-refractivity contribution in [3.8, 4) is 0 Å². The molecule has 0 aromatic carbocycles. The van der Waals surface area contributed by atoms with Gasteiger partial charge in [-0.05, 0) is 26.3 Å². The van der Waals surface area contributed by atoms with Crippen molar-refractivity contribution in [1.29, 1.82) is 0 Å². The molecule has 1 rings (SSSR count). The topological polar surface area (TPSA) is 57.2 Å². The smallest absolute Gasteiger partial charge is 0.127 e. The second-order valence-corrected chi connectivity index (χ2v) is 3.52. The Bertz CT molecular complexity index is 289. The average molecular weight is 209 g/mol. The minimum absolute atomic E-state index is 0.257. The first kappa shape index (κ1) is 11.8. The number of aliphatic hydroxyl groups excluding tert-OH is 1. The highest BCUT2D eigenvalue weighted by molar-refractivity contribution is 5.51. The van der Waals surface area contributed by atoms with E-state index in [4.69, 9.17) is 5.11 Å². The van der Waals surface area contributed by atoms with Crippen LogP contribution in [-0.4, -0.2) is 29.3 Å². The summed E-state index contributed by atoms with van der Waals surface area (Å²) in [6.45, 7) is 5.46. The summed E-state index contributed by atoms with van der Waals surface area (Å²) in [5.74, 6) is 0.875. The van der Waals surface area contributed by atoms with Crippen molar-refractivity contribution in [3.63, 3.8) is 0 Å². The van der Waals surface area contributed by atoms with Gasteiger partial charge in [-0.25, -0.2) is 4.98 Å². The maximum Gasteiger partial charge on any atom is 0.127 e. The number of rotatable bonds is 6. The van der Waals surface area contributed by atoms with Crippen LogP contribution in [0.2, 0.25) is 0 Å². The van der Waals surface area contributed by atoms with Gasteiger partial charge in [0, 0.05) is 31.0 Å². The fourth-order valence-corrected chi connectivity index (χ4v) is 1.24. The Labute approximate surface area is 90.7 Å². The van der Waals surface area contributed by atoms with E-state index in [1.54, 1.807) is 13.1 Å². The van der Waals surface area contributed by atoms with E-state index in [1.165, 1.54) is 0 Å². The number of nitrogens with one attached hydrogen (secondary N) is 2. The van der Waals surface area contributed by atoms with Crippen LogP contribution in [-0.2, 0) is 0 Å². The van der Waals surface area contributed by atoms with Crippen molar-refractivity contribution >= 4 is 11.5 Å². The Balaban J connectivity index is 2.43. The number of pyridine rings is 1. The van der Waals surface area contributed by atoms with Crippen molar-refractivity contribution in [2.24, 2.45) is 0 Å². The molecule has 1 aromatic rings. The lowest BCUT2D eigenvalue weighted by molar-refractivity contribution is 0.189. The van der Waals surface area contributed by atoms with Crippen LogP contribution in [0, 0.1) is 0 Å². The van der Waals surface area contributed by atoms with Gasteiger partial charge in [0.25, 0.3) is 0 Å². The quantitative estimate of drug-likeness (QED) is 0.667. The molecular formula is C11H19N3O. The van der Waals surface area contributed by atoms with Crippen LogP contribution in [0.5, 0.6) is 0 Å². The molecule has 15 heavy (non-hydrogen) atoms. The van der Waals surface area contributed by atoms with E-state index in [-0.39, 0.29) is 6.10 Å². The highest BCUT2D eigenvalue weighted by Gasteiger charge is 1.97. The fraction of sp³-hybridized carbons (Fsp3) is 0.545. The molecule has 0 amide bonds. The van der Waals surface area contributed by atoms with Crippen LogP contribution < -0.4 is 10.6 Å². The maximum atomic E-state index is 9.10. The number of aromatic nitrogens is 1. The van der Waals surface area contributed by atoms with Gasteiger partial charge in [-0.1, -0.05) is 0 Å². The monoisotopic (exact) mass is 209 g/mol. The van der Waals surface area contributed by atoms with Crippen molar-refractivity contribution in [3.05, 3.63) is 18.3 Å². The van der Waals surface area contributed by atoms with Crippen LogP contribution in [0.1, 0.15) is 20.3 Å². The van der Waals surface area contributed by atoms with Gasteiger partial charge < -0.3 is 15.7 Å². The summed E-state index contributed by atoms with van der Waals surface area (Å²) in [6, 6.07) is 3.88. The Morgan fingerprint density at radius 2 is 2.27 bits per heavy atom. The third-order valence-corrected chi connectivity index (χ3v) is 2.01. The number of aliphatic hydroxyl groups is 1. The molecule has 1 heterocycles. The average Bonchev–Trinajstić information content (AvgIpc) is 2.18. The van der Waals surface area contributed by atoms with Crippen LogP contribution >= 0.6 is 0 Å². The lowest BCUT2D eigenvalue weighted by atomic mass is 10.3. The molecule has 1 atom stereocenters. The predicted molar refractivity (Wildman–Crippen MR) is 63.2 cm³/mol. The molecule has 0 aliphatic carbocycles. The first-order valence-electron chi connectivity index (χ1n) is 5.34. The summed E-state index contributed by atoms with van der Waals surface area (Å²) in [5, 5.41) is 15.5. The van der Waals surface area contributed by atoms with E-state index in [0.29, 0.717) is 0 Å². The molecule has 4 heteroatoms. The largest absolute Gasteiger partial charge is 0.393 e. The molecule has 3 N–H and O–H groups in total. The molecule has 1 aromatic heterocycles. The zero-order valence-corrected chi connectivity index (χ0v) is 9.33. The molecule has 0 bridgehead atoms. The number of hydrogen-bond donors (Lipinski definition) is 3. The first-order chi connectivity index (χ1) is 7.22. The Hall–Kier alpha value is -1.29. The molecule has 1 unspecified atom stereocenters. The van der Waals surface area contributed by atoms with E-state index >= 15 is 0 Å². The lowest BCUT2D eigenvalue weighted by Gasteiger charge is -2.09. The fourth-order valence-electron chi connectivity index (χ4n) is 1.24. The predicted octanol–water partition coefficient (Wildman–Crippen LogP) is 1.70. The minimum Gasteiger partial charge on any atom is -0.393 e. The zero-order chi connectivity index (χ0) is 11.1. The molecule has 0 radical (unpaired) electrons. The van der Waals surface area contributed by atoms with Crippen molar-refractivity contribution in [1.82, 2.24) is 4.98 Å². The highest BCUT2D eigenvalue weighted by atomic mass is 16.3. The van der Waals surface area contributed by atoms with Crippen molar-refractivity contribution in [2.75, 3.05) is 23.7 Å². The van der Waals surface area contributed by atoms with Crippen LogP contribution in [0.15, 0.2) is 18.3 Å². The van der Waals surface area contributed by atoms with Gasteiger partial charge >= 0.3 is 0 Å². The van der Waals surface area contributed by atoms with Crippen molar-refractivity contribution in [2.45, 2.75) is 26.4 Å². The van der Waals surface area contributed by atoms with E-state index in [9.17, 15) is 0 Å². The molecule has 4 nitrogen and oxygen atoms in total. The highest BCUT2D eigenvalue weighted by Crippen LogP contribution is 2.11. The third kappa shape index (κ3) is 4.65. The lowest BCUT2D eigenvalue weighted by Crippen LogP contribution is -2.10. The van der Waals surface area contributed by atoms with E-state index in [2.05, 4.69) is 15.6 Å². The van der Waals surface area contributed by atoms with E-state index in [1.807, 2.05) is 19.1 Å². The minimum atomic E-state index is -0.257. The van der Waals surface area contributed by atoms with Gasteiger partial charge in [0.05, 0.1) is 6.10 Å². The molecule has 0 spiro atoms. The van der Waals surface area contributed by atoms with Crippen LogP contribution in [0.25, 0.3) is 0 Å². The van der Waals surface area contributed by atoms with Gasteiger partial charge in [0.15, 0.2) is 0 Å². The van der Waals surface area contributed by atoms with Crippen LogP contribution in [0.4, 0.5) is 11.5 Å². The number of hydrogen-bond acceptors (Lipinski definition) is 4. The standard InChI is InChI=1S/C11H19N3O/c1-3-12-11-8-10(5-7-14-11)13-6-4-9(2)15/h5,7-9,15H,3-4,6H2,1-2H3,(H2,12,13,14). The van der Waals surface area contributed by atoms with Gasteiger partial charge in [0.1, 0.15) is 5.82 Å². The summed E-state index contributed by atoms with van der Waals surface area (Å²) in [5.41, 5.74) is 1.03. The zero-order valence-electron chi connectivity index (χ0n) is 9.33. The number of anilines is 2. The molecule has 0 aliphatic heterocycles. The van der Waals surface area contributed by atoms with Gasteiger partial charge in [-0.3, -0.25) is 0 Å². The summed E-state index contributed by atoms with van der Waals surface area (Å²) in [6.07, 6.45) is 2.26. The Kier molecular flexibility index (Phi) is 4.90. The molecule has 0 aliphatic rings. The molecule has 84 valence electrons. The Morgan fingerprint density at radius 1 is 1.47 bits per heavy atom. The van der Waals surface area contributed by atoms with Crippen molar-refractivity contribution < 1.29 is 5.11 Å². The normalized spacial score (nSPS) is 12.2. The van der Waals surface area contributed by atoms with Crippen LogP contribution in [0.3, 0.4) is 0 Å². The van der Waals surface area contributed by atoms with Gasteiger partial charge in [-0.2, -0.15) is 0 Å². The summed E-state index contributed by atoms with van der Waals surface area (Å²) >= 11 is 0. The second-order valence-electron chi connectivity index (χ2n) is 3.52. The SMILES string of the molecule is CCNc1cc(NCCC(C)O)ccn1. The first-order valence-corrected chi connectivity index (χ1v) is 5.34. The summed E-state index contributed by atoms with van der Waals surface area (Å²) in [7, 11) is 0. The molecule has 0 saturated heterocycles. The molecule has 0 fully saturated rings. The summed E-state index contributed by atoms with van der Waals surface area (Å²) < 4.78 is 0. The Morgan fingerprint density at radius 3 is 2.93 bits per heavy atom. The number of nitrogens with zero attached hydrogens (tertiary/aromatic N) is 1. The van der Waals surface area contributed by atoms with E-state index < -0.39 is 0 Å². The second kappa shape index (κ2) is 6.24. The molecule has 0 saturated carbocycles. The van der Waals surface area contributed by atoms with E-state index in [0.717, 1.165) is 31.0 Å². The summed E-state index contributed by atoms with van der Waals surface area (Å²) in [4.78, 5) is 4.17. The third-order valence-electron chi connectivity index (χ3n) is 2.01. The maximum absolute atomic E-state index is 9.10.